The zero-order chi connectivity index (χ0) is 16.6. The van der Waals surface area contributed by atoms with Gasteiger partial charge < -0.3 is 9.67 Å². The molecular weight excluding hydrogens is 290 g/mol. The second kappa shape index (κ2) is 6.03. The number of hydrogen-bond acceptors (Lipinski definition) is 2. The number of pyridine rings is 1. The topological polar surface area (TPSA) is 59.3 Å². The third-order valence-corrected chi connectivity index (χ3v) is 4.62. The third kappa shape index (κ3) is 3.21. The van der Waals surface area contributed by atoms with Gasteiger partial charge in [-0.1, -0.05) is 12.1 Å². The van der Waals surface area contributed by atoms with E-state index in [9.17, 15) is 9.59 Å². The Kier molecular flexibility index (Phi) is 4.07. The quantitative estimate of drug-likeness (QED) is 0.922. The molecule has 1 aromatic carbocycles. The number of hydrogen-bond donors (Lipinski definition) is 1. The van der Waals surface area contributed by atoms with Gasteiger partial charge in [0, 0.05) is 17.8 Å². The first-order chi connectivity index (χ1) is 11.0. The lowest BCUT2D eigenvalue weighted by atomic mass is 10.1. The molecule has 0 bridgehead atoms. The molecule has 0 saturated heterocycles. The summed E-state index contributed by atoms with van der Waals surface area (Å²) < 4.78 is 1.87. The van der Waals surface area contributed by atoms with Crippen LogP contribution in [-0.2, 0) is 13.0 Å². The van der Waals surface area contributed by atoms with E-state index in [0.717, 1.165) is 16.8 Å². The van der Waals surface area contributed by atoms with E-state index in [4.69, 9.17) is 5.11 Å². The molecule has 1 aliphatic carbocycles. The highest BCUT2D eigenvalue weighted by Gasteiger charge is 2.27. The molecule has 4 nitrogen and oxygen atoms in total. The minimum atomic E-state index is -0.920. The summed E-state index contributed by atoms with van der Waals surface area (Å²) in [6, 6.07) is 8.91. The summed E-state index contributed by atoms with van der Waals surface area (Å²) in [5.74, 6) is -0.299. The monoisotopic (exact) mass is 311 g/mol. The number of benzene rings is 1. The molecule has 1 fully saturated rings. The van der Waals surface area contributed by atoms with Gasteiger partial charge in [-0.25, -0.2) is 4.79 Å². The predicted molar refractivity (Wildman–Crippen MR) is 89.3 cm³/mol. The maximum atomic E-state index is 12.4. The van der Waals surface area contributed by atoms with Crippen molar-refractivity contribution in [3.63, 3.8) is 0 Å². The molecule has 0 unspecified atom stereocenters. The van der Waals surface area contributed by atoms with E-state index in [2.05, 4.69) is 0 Å². The van der Waals surface area contributed by atoms with Gasteiger partial charge in [-0.05, 0) is 68.4 Å². The van der Waals surface area contributed by atoms with Crippen LogP contribution in [0.2, 0.25) is 0 Å². The first kappa shape index (κ1) is 15.5. The summed E-state index contributed by atoms with van der Waals surface area (Å²) in [4.78, 5) is 23.3. The molecule has 23 heavy (non-hydrogen) atoms. The molecule has 0 aliphatic heterocycles. The fraction of sp³-hybridized carbons (Fsp3) is 0.368. The summed E-state index contributed by atoms with van der Waals surface area (Å²) in [5, 5.41) is 8.93. The average Bonchev–Trinajstić information content (AvgIpc) is 3.36. The highest BCUT2D eigenvalue weighted by molar-refractivity contribution is 5.87. The average molecular weight is 311 g/mol. The zero-order valence-electron chi connectivity index (χ0n) is 13.5. The van der Waals surface area contributed by atoms with Crippen LogP contribution in [0.15, 0.2) is 35.1 Å². The number of aromatic carboxylic acids is 1. The van der Waals surface area contributed by atoms with Crippen LogP contribution < -0.4 is 5.56 Å². The molecule has 4 heteroatoms. The molecule has 1 aromatic heterocycles. The van der Waals surface area contributed by atoms with Gasteiger partial charge in [0.2, 0.25) is 0 Å². The number of carboxylic acid groups (broad SMARTS) is 1. The summed E-state index contributed by atoms with van der Waals surface area (Å²) in [6.07, 6.45) is 3.15. The normalized spacial score (nSPS) is 14.0. The van der Waals surface area contributed by atoms with Gasteiger partial charge in [0.25, 0.3) is 5.56 Å². The van der Waals surface area contributed by atoms with Gasteiger partial charge in [0.05, 0.1) is 5.56 Å². The Hall–Kier alpha value is -2.36. The van der Waals surface area contributed by atoms with Gasteiger partial charge in [-0.3, -0.25) is 4.79 Å². The van der Waals surface area contributed by atoms with Crippen LogP contribution in [-0.4, -0.2) is 15.6 Å². The lowest BCUT2D eigenvalue weighted by Gasteiger charge is -2.15. The number of aryl methyl sites for hydroxylation is 2. The molecule has 1 saturated carbocycles. The van der Waals surface area contributed by atoms with Crippen molar-refractivity contribution >= 4 is 5.97 Å². The first-order valence-corrected chi connectivity index (χ1v) is 8.00. The van der Waals surface area contributed by atoms with E-state index >= 15 is 0 Å². The van der Waals surface area contributed by atoms with Gasteiger partial charge in [-0.15, -0.1) is 0 Å². The molecule has 3 rings (SSSR count). The number of nitrogens with zero attached hydrogens (tertiary/aromatic N) is 1. The second-order valence-electron chi connectivity index (χ2n) is 6.35. The minimum Gasteiger partial charge on any atom is -0.478 e. The first-order valence-electron chi connectivity index (χ1n) is 8.00. The van der Waals surface area contributed by atoms with Crippen molar-refractivity contribution in [2.45, 2.75) is 45.6 Å². The van der Waals surface area contributed by atoms with Crippen molar-refractivity contribution in [1.29, 1.82) is 0 Å². The van der Waals surface area contributed by atoms with Crippen LogP contribution in [0.3, 0.4) is 0 Å². The summed E-state index contributed by atoms with van der Waals surface area (Å²) in [7, 11) is 0. The van der Waals surface area contributed by atoms with Crippen LogP contribution in [0.25, 0.3) is 0 Å². The standard InChI is InChI=1S/C19H21NO3/c1-12-11-17(15-7-8-15)13(2)20(18(12)21)10-9-14-3-5-16(6-4-14)19(22)23/h3-6,11,15H,7-10H2,1-2H3,(H,22,23). The molecule has 0 spiro atoms. The highest BCUT2D eigenvalue weighted by Crippen LogP contribution is 2.41. The molecule has 1 N–H and O–H groups in total. The fourth-order valence-electron chi connectivity index (χ4n) is 3.05. The van der Waals surface area contributed by atoms with E-state index in [1.807, 2.05) is 36.6 Å². The predicted octanol–water partition coefficient (Wildman–Crippen LogP) is 3.28. The Morgan fingerprint density at radius 1 is 1.22 bits per heavy atom. The maximum absolute atomic E-state index is 12.4. The van der Waals surface area contributed by atoms with Crippen LogP contribution in [0.1, 0.15) is 51.5 Å². The van der Waals surface area contributed by atoms with Gasteiger partial charge in [0.1, 0.15) is 0 Å². The Bertz CT molecular complexity index is 799. The summed E-state index contributed by atoms with van der Waals surface area (Å²) in [6.45, 7) is 4.53. The molecule has 2 aromatic rings. The SMILES string of the molecule is Cc1cc(C2CC2)c(C)n(CCc2ccc(C(=O)O)cc2)c1=O. The Labute approximate surface area is 135 Å². The largest absolute Gasteiger partial charge is 0.478 e. The molecule has 0 atom stereocenters. The number of rotatable bonds is 5. The lowest BCUT2D eigenvalue weighted by Crippen LogP contribution is -2.26. The smallest absolute Gasteiger partial charge is 0.335 e. The van der Waals surface area contributed by atoms with Gasteiger partial charge in [-0.2, -0.15) is 0 Å². The van der Waals surface area contributed by atoms with Crippen LogP contribution in [0, 0.1) is 13.8 Å². The van der Waals surface area contributed by atoms with Crippen LogP contribution >= 0.6 is 0 Å². The highest BCUT2D eigenvalue weighted by atomic mass is 16.4. The van der Waals surface area contributed by atoms with Crippen molar-refractivity contribution in [3.8, 4) is 0 Å². The van der Waals surface area contributed by atoms with E-state index in [0.29, 0.717) is 18.9 Å². The fourth-order valence-corrected chi connectivity index (χ4v) is 3.05. The summed E-state index contributed by atoms with van der Waals surface area (Å²) in [5.41, 5.74) is 4.59. The zero-order valence-corrected chi connectivity index (χ0v) is 13.5. The molecule has 120 valence electrons. The van der Waals surface area contributed by atoms with Crippen molar-refractivity contribution in [3.05, 3.63) is 68.6 Å². The Morgan fingerprint density at radius 2 is 1.87 bits per heavy atom. The van der Waals surface area contributed by atoms with Crippen molar-refractivity contribution in [1.82, 2.24) is 4.57 Å². The van der Waals surface area contributed by atoms with Crippen LogP contribution in [0.5, 0.6) is 0 Å². The minimum absolute atomic E-state index is 0.0778. The van der Waals surface area contributed by atoms with E-state index in [-0.39, 0.29) is 11.1 Å². The Balaban J connectivity index is 1.82. The van der Waals surface area contributed by atoms with E-state index < -0.39 is 5.97 Å². The molecule has 0 amide bonds. The number of carbonyl (C=O) groups is 1. The lowest BCUT2D eigenvalue weighted by molar-refractivity contribution is 0.0697. The number of aromatic nitrogens is 1. The molecular formula is C19H21NO3. The van der Waals surface area contributed by atoms with Crippen LogP contribution in [0.4, 0.5) is 0 Å². The molecule has 0 radical (unpaired) electrons. The summed E-state index contributed by atoms with van der Waals surface area (Å²) >= 11 is 0. The third-order valence-electron chi connectivity index (χ3n) is 4.62. The van der Waals surface area contributed by atoms with E-state index in [1.54, 1.807) is 12.1 Å². The van der Waals surface area contributed by atoms with E-state index in [1.165, 1.54) is 18.4 Å². The van der Waals surface area contributed by atoms with Crippen molar-refractivity contribution < 1.29 is 9.90 Å². The number of carboxylic acids is 1. The Morgan fingerprint density at radius 3 is 2.43 bits per heavy atom. The maximum Gasteiger partial charge on any atom is 0.335 e. The second-order valence-corrected chi connectivity index (χ2v) is 6.35. The van der Waals surface area contributed by atoms with Gasteiger partial charge >= 0.3 is 5.97 Å². The van der Waals surface area contributed by atoms with Crippen molar-refractivity contribution in [2.75, 3.05) is 0 Å². The molecule has 1 heterocycles. The molecule has 1 aliphatic rings. The van der Waals surface area contributed by atoms with Crippen molar-refractivity contribution in [2.24, 2.45) is 0 Å². The van der Waals surface area contributed by atoms with Gasteiger partial charge in [0.15, 0.2) is 0 Å².